The molecule has 5 aromatic rings. The molecule has 0 aliphatic heterocycles. The van der Waals surface area contributed by atoms with E-state index in [0.717, 1.165) is 22.0 Å². The lowest BCUT2D eigenvalue weighted by Crippen LogP contribution is -2.15. The maximum absolute atomic E-state index is 12.6. The molecule has 6 heteroatoms. The van der Waals surface area contributed by atoms with Crippen molar-refractivity contribution in [3.05, 3.63) is 112 Å². The monoisotopic (exact) mass is 424 g/mol. The number of aromatic amines is 2. The molecule has 3 aromatic carbocycles. The van der Waals surface area contributed by atoms with Crippen LogP contribution < -0.4 is 10.3 Å². The topological polar surface area (TPSA) is 84.2 Å². The fraction of sp³-hybridized carbons (Fsp3) is 0.0769. The Morgan fingerprint density at radius 3 is 2.16 bits per heavy atom. The third-order valence-corrected chi connectivity index (χ3v) is 5.26. The van der Waals surface area contributed by atoms with E-state index in [9.17, 15) is 9.59 Å². The zero-order valence-electron chi connectivity index (χ0n) is 17.1. The number of carbonyl (C=O) groups is 1. The molecule has 2 N–H and O–H groups in total. The van der Waals surface area contributed by atoms with Crippen LogP contribution in [0.1, 0.15) is 21.6 Å². The second-order valence-electron chi connectivity index (χ2n) is 7.47. The van der Waals surface area contributed by atoms with E-state index in [1.165, 1.54) is 0 Å². The Balaban J connectivity index is 1.40. The van der Waals surface area contributed by atoms with Gasteiger partial charge in [0.2, 0.25) is 0 Å². The Morgan fingerprint density at radius 2 is 1.44 bits per heavy atom. The Kier molecular flexibility index (Phi) is 5.17. The SMILES string of the molecule is O=C(OCc1ccccc1)c1cc2c([nH]c3cc(OCc4ccccc4)ccc32)c(=O)[nH]1. The van der Waals surface area contributed by atoms with Crippen LogP contribution >= 0.6 is 0 Å². The van der Waals surface area contributed by atoms with E-state index in [-0.39, 0.29) is 17.9 Å². The number of pyridine rings is 1. The van der Waals surface area contributed by atoms with Crippen LogP contribution in [0.5, 0.6) is 5.75 Å². The molecule has 0 radical (unpaired) electrons. The molecule has 0 bridgehead atoms. The predicted octanol–water partition coefficient (Wildman–Crippen LogP) is 4.95. The number of nitrogens with one attached hydrogen (secondary N) is 2. The van der Waals surface area contributed by atoms with E-state index in [1.807, 2.05) is 78.9 Å². The van der Waals surface area contributed by atoms with Crippen molar-refractivity contribution in [2.45, 2.75) is 13.2 Å². The first-order chi connectivity index (χ1) is 15.7. The molecule has 0 amide bonds. The van der Waals surface area contributed by atoms with Gasteiger partial charge in [-0.05, 0) is 29.3 Å². The molecule has 0 saturated heterocycles. The van der Waals surface area contributed by atoms with Crippen LogP contribution in [-0.2, 0) is 18.0 Å². The number of hydrogen-bond acceptors (Lipinski definition) is 4. The highest BCUT2D eigenvalue weighted by atomic mass is 16.5. The molecule has 0 spiro atoms. The molecular formula is C26H20N2O4. The minimum atomic E-state index is -0.579. The summed E-state index contributed by atoms with van der Waals surface area (Å²) < 4.78 is 11.2. The summed E-state index contributed by atoms with van der Waals surface area (Å²) in [5, 5.41) is 1.49. The largest absolute Gasteiger partial charge is 0.489 e. The number of benzene rings is 3. The Hall–Kier alpha value is -4.32. The van der Waals surface area contributed by atoms with Gasteiger partial charge in [-0.15, -0.1) is 0 Å². The van der Waals surface area contributed by atoms with Crippen molar-refractivity contribution in [1.29, 1.82) is 0 Å². The van der Waals surface area contributed by atoms with Crippen molar-refractivity contribution >= 4 is 27.8 Å². The minimum absolute atomic E-state index is 0.115. The van der Waals surface area contributed by atoms with E-state index >= 15 is 0 Å². The first kappa shape index (κ1) is 19.6. The zero-order valence-corrected chi connectivity index (χ0v) is 17.1. The summed E-state index contributed by atoms with van der Waals surface area (Å²) in [6, 6.07) is 26.5. The Bertz CT molecular complexity index is 1450. The van der Waals surface area contributed by atoms with Gasteiger partial charge in [0.05, 0.1) is 5.52 Å². The highest BCUT2D eigenvalue weighted by Crippen LogP contribution is 2.27. The van der Waals surface area contributed by atoms with Crippen molar-refractivity contribution in [1.82, 2.24) is 9.97 Å². The summed E-state index contributed by atoms with van der Waals surface area (Å²) in [5.74, 6) is 0.108. The van der Waals surface area contributed by atoms with E-state index in [4.69, 9.17) is 9.47 Å². The van der Waals surface area contributed by atoms with Gasteiger partial charge in [-0.25, -0.2) is 4.79 Å². The summed E-state index contributed by atoms with van der Waals surface area (Å²) in [6.07, 6.45) is 0. The normalized spacial score (nSPS) is 11.0. The number of H-pyrrole nitrogens is 2. The molecule has 0 aliphatic carbocycles. The molecule has 6 nitrogen and oxygen atoms in total. The Morgan fingerprint density at radius 1 is 0.750 bits per heavy atom. The molecular weight excluding hydrogens is 404 g/mol. The van der Waals surface area contributed by atoms with Crippen molar-refractivity contribution in [3.8, 4) is 5.75 Å². The number of rotatable bonds is 6. The third-order valence-electron chi connectivity index (χ3n) is 5.26. The number of ether oxygens (including phenoxy) is 2. The number of aromatic nitrogens is 2. The lowest BCUT2D eigenvalue weighted by molar-refractivity contribution is 0.0465. The average molecular weight is 424 g/mol. The van der Waals surface area contributed by atoms with Crippen LogP contribution in [0, 0.1) is 0 Å². The molecule has 5 rings (SSSR count). The van der Waals surface area contributed by atoms with Crippen LogP contribution in [0.4, 0.5) is 0 Å². The molecule has 0 aliphatic rings. The first-order valence-electron chi connectivity index (χ1n) is 10.2. The molecule has 158 valence electrons. The van der Waals surface area contributed by atoms with E-state index in [1.54, 1.807) is 6.07 Å². The summed E-state index contributed by atoms with van der Waals surface area (Å²) in [5.41, 5.74) is 2.84. The molecule has 2 aromatic heterocycles. The summed E-state index contributed by atoms with van der Waals surface area (Å²) in [7, 11) is 0. The van der Waals surface area contributed by atoms with Crippen molar-refractivity contribution in [2.75, 3.05) is 0 Å². The van der Waals surface area contributed by atoms with Gasteiger partial charge < -0.3 is 19.4 Å². The van der Waals surface area contributed by atoms with Gasteiger partial charge in [0, 0.05) is 16.8 Å². The molecule has 0 unspecified atom stereocenters. The third kappa shape index (κ3) is 3.98. The number of fused-ring (bicyclic) bond motifs is 3. The van der Waals surface area contributed by atoms with Crippen molar-refractivity contribution < 1.29 is 14.3 Å². The standard InChI is InChI=1S/C26H20N2O4/c29-25-24-21(14-23(28-25)26(30)32-16-18-9-5-2-6-10-18)20-12-11-19(13-22(20)27-24)31-15-17-7-3-1-4-8-17/h1-14,27H,15-16H2,(H,28,29). The van der Waals surface area contributed by atoms with Crippen LogP contribution in [0.2, 0.25) is 0 Å². The number of carbonyl (C=O) groups excluding carboxylic acids is 1. The summed E-state index contributed by atoms with van der Waals surface area (Å²) in [6.45, 7) is 0.584. The summed E-state index contributed by atoms with van der Waals surface area (Å²) in [4.78, 5) is 30.9. The fourth-order valence-electron chi connectivity index (χ4n) is 3.63. The van der Waals surface area contributed by atoms with Crippen LogP contribution in [0.3, 0.4) is 0 Å². The molecule has 0 saturated carbocycles. The lowest BCUT2D eigenvalue weighted by atomic mass is 10.1. The Labute approximate surface area is 183 Å². The second kappa shape index (κ2) is 8.43. The van der Waals surface area contributed by atoms with E-state index in [2.05, 4.69) is 9.97 Å². The second-order valence-corrected chi connectivity index (χ2v) is 7.47. The van der Waals surface area contributed by atoms with Crippen LogP contribution in [-0.4, -0.2) is 15.9 Å². The van der Waals surface area contributed by atoms with Crippen LogP contribution in [0.15, 0.2) is 89.7 Å². The smallest absolute Gasteiger partial charge is 0.355 e. The van der Waals surface area contributed by atoms with Crippen molar-refractivity contribution in [2.24, 2.45) is 0 Å². The first-order valence-corrected chi connectivity index (χ1v) is 10.2. The van der Waals surface area contributed by atoms with Gasteiger partial charge >= 0.3 is 5.97 Å². The number of hydrogen-bond donors (Lipinski definition) is 2. The van der Waals surface area contributed by atoms with Gasteiger partial charge in [0.25, 0.3) is 5.56 Å². The molecule has 2 heterocycles. The highest BCUT2D eigenvalue weighted by molar-refractivity contribution is 6.08. The van der Waals surface area contributed by atoms with E-state index in [0.29, 0.717) is 23.3 Å². The molecule has 0 fully saturated rings. The molecule has 32 heavy (non-hydrogen) atoms. The zero-order chi connectivity index (χ0) is 21.9. The summed E-state index contributed by atoms with van der Waals surface area (Å²) >= 11 is 0. The maximum Gasteiger partial charge on any atom is 0.355 e. The fourth-order valence-corrected chi connectivity index (χ4v) is 3.63. The van der Waals surface area contributed by atoms with Crippen molar-refractivity contribution in [3.63, 3.8) is 0 Å². The number of esters is 1. The van der Waals surface area contributed by atoms with E-state index < -0.39 is 5.97 Å². The van der Waals surface area contributed by atoms with Gasteiger partial charge in [-0.2, -0.15) is 0 Å². The van der Waals surface area contributed by atoms with Gasteiger partial charge in [-0.3, -0.25) is 4.79 Å². The minimum Gasteiger partial charge on any atom is -0.489 e. The lowest BCUT2D eigenvalue weighted by Gasteiger charge is -2.06. The predicted molar refractivity (Wildman–Crippen MR) is 123 cm³/mol. The van der Waals surface area contributed by atoms with Crippen LogP contribution in [0.25, 0.3) is 21.8 Å². The maximum atomic E-state index is 12.6. The highest BCUT2D eigenvalue weighted by Gasteiger charge is 2.15. The van der Waals surface area contributed by atoms with Gasteiger partial charge in [0.1, 0.15) is 30.2 Å². The quantitative estimate of drug-likeness (QED) is 0.378. The average Bonchev–Trinajstić information content (AvgIpc) is 3.21. The van der Waals surface area contributed by atoms with Gasteiger partial charge in [-0.1, -0.05) is 60.7 Å². The van der Waals surface area contributed by atoms with Gasteiger partial charge in [0.15, 0.2) is 0 Å². The molecule has 0 atom stereocenters.